The minimum absolute atomic E-state index is 0.117. The van der Waals surface area contributed by atoms with E-state index in [9.17, 15) is 9.59 Å². The molecule has 2 aromatic heterocycles. The van der Waals surface area contributed by atoms with E-state index in [1.165, 1.54) is 0 Å². The molecule has 1 N–H and O–H groups in total. The highest BCUT2D eigenvalue weighted by Crippen LogP contribution is 2.24. The topological polar surface area (TPSA) is 86.1 Å². The summed E-state index contributed by atoms with van der Waals surface area (Å²) in [5, 5.41) is 7.78. The molecule has 0 saturated carbocycles. The summed E-state index contributed by atoms with van der Waals surface area (Å²) in [4.78, 5) is 28.9. The molecule has 0 aliphatic rings. The number of aryl methyl sites for hydroxylation is 1. The van der Waals surface area contributed by atoms with Gasteiger partial charge in [-0.15, -0.1) is 0 Å². The van der Waals surface area contributed by atoms with Crippen LogP contribution in [0.5, 0.6) is 0 Å². The summed E-state index contributed by atoms with van der Waals surface area (Å²) in [5.41, 5.74) is 5.34. The van der Waals surface area contributed by atoms with Gasteiger partial charge in [0.25, 0.3) is 5.91 Å². The van der Waals surface area contributed by atoms with E-state index in [-0.39, 0.29) is 11.9 Å². The second kappa shape index (κ2) is 12.4. The third-order valence-corrected chi connectivity index (χ3v) is 5.72. The van der Waals surface area contributed by atoms with Crippen molar-refractivity contribution in [3.05, 3.63) is 108 Å². The Bertz CT molecular complexity index is 1290. The van der Waals surface area contributed by atoms with Gasteiger partial charge < -0.3 is 10.1 Å². The van der Waals surface area contributed by atoms with Crippen molar-refractivity contribution in [3.63, 3.8) is 0 Å². The van der Waals surface area contributed by atoms with Crippen LogP contribution in [0, 0.1) is 0 Å². The van der Waals surface area contributed by atoms with Crippen molar-refractivity contribution in [2.75, 3.05) is 13.2 Å². The first kappa shape index (κ1) is 24.9. The van der Waals surface area contributed by atoms with Crippen molar-refractivity contribution in [1.29, 1.82) is 0 Å². The van der Waals surface area contributed by atoms with E-state index in [4.69, 9.17) is 9.84 Å². The van der Waals surface area contributed by atoms with E-state index < -0.39 is 0 Å². The van der Waals surface area contributed by atoms with Crippen molar-refractivity contribution in [2.45, 2.75) is 32.7 Å². The summed E-state index contributed by atoms with van der Waals surface area (Å²) in [6, 6.07) is 23.2. The fourth-order valence-electron chi connectivity index (χ4n) is 3.99. The summed E-state index contributed by atoms with van der Waals surface area (Å²) >= 11 is 0. The third kappa shape index (κ3) is 6.88. The zero-order valence-electron chi connectivity index (χ0n) is 20.4. The summed E-state index contributed by atoms with van der Waals surface area (Å²) in [5.74, 6) is -0.334. The van der Waals surface area contributed by atoms with E-state index in [1.54, 1.807) is 13.1 Å². The number of rotatable bonds is 11. The smallest absolute Gasteiger partial charge is 0.306 e. The maximum Gasteiger partial charge on any atom is 0.306 e. The Morgan fingerprint density at radius 2 is 1.81 bits per heavy atom. The SMILES string of the molecule is CCOC(=O)CCc1cn(Cc2cccc(C(=O)NCCc3ccccn3)c2)nc1-c1ccccc1. The highest BCUT2D eigenvalue weighted by atomic mass is 16.5. The van der Waals surface area contributed by atoms with Crippen LogP contribution in [0.3, 0.4) is 0 Å². The van der Waals surface area contributed by atoms with Crippen LogP contribution in [0.1, 0.15) is 40.5 Å². The van der Waals surface area contributed by atoms with Crippen LogP contribution >= 0.6 is 0 Å². The number of benzene rings is 2. The Hall–Kier alpha value is -4.26. The zero-order chi connectivity index (χ0) is 25.2. The minimum atomic E-state index is -0.217. The lowest BCUT2D eigenvalue weighted by atomic mass is 10.0. The van der Waals surface area contributed by atoms with Crippen molar-refractivity contribution in [2.24, 2.45) is 0 Å². The first-order valence-corrected chi connectivity index (χ1v) is 12.2. The Morgan fingerprint density at radius 3 is 2.58 bits per heavy atom. The van der Waals surface area contributed by atoms with Crippen LogP contribution in [-0.4, -0.2) is 39.8 Å². The maximum absolute atomic E-state index is 12.7. The van der Waals surface area contributed by atoms with Crippen molar-refractivity contribution in [3.8, 4) is 11.3 Å². The Labute approximate surface area is 211 Å². The fraction of sp³-hybridized carbons (Fsp3) is 0.241. The molecule has 0 fully saturated rings. The molecule has 0 aliphatic heterocycles. The molecule has 0 spiro atoms. The molecule has 184 valence electrons. The molecule has 7 nitrogen and oxygen atoms in total. The van der Waals surface area contributed by atoms with Crippen LogP contribution in [0.2, 0.25) is 0 Å². The van der Waals surface area contributed by atoms with Gasteiger partial charge in [-0.1, -0.05) is 48.5 Å². The van der Waals surface area contributed by atoms with Gasteiger partial charge in [0.05, 0.1) is 18.8 Å². The van der Waals surface area contributed by atoms with Crippen LogP contribution in [-0.2, 0) is 28.9 Å². The number of amides is 1. The quantitative estimate of drug-likeness (QED) is 0.319. The third-order valence-electron chi connectivity index (χ3n) is 5.72. The highest BCUT2D eigenvalue weighted by molar-refractivity contribution is 5.94. The molecule has 0 unspecified atom stereocenters. The molecule has 0 atom stereocenters. The number of hydrogen-bond donors (Lipinski definition) is 1. The second-order valence-electron chi connectivity index (χ2n) is 8.40. The average Bonchev–Trinajstić information content (AvgIpc) is 3.31. The van der Waals surface area contributed by atoms with Crippen LogP contribution in [0.4, 0.5) is 0 Å². The van der Waals surface area contributed by atoms with Gasteiger partial charge in [0.15, 0.2) is 0 Å². The minimum Gasteiger partial charge on any atom is -0.466 e. The molecule has 7 heteroatoms. The summed E-state index contributed by atoms with van der Waals surface area (Å²) in [7, 11) is 0. The van der Waals surface area contributed by atoms with Crippen molar-refractivity contribution < 1.29 is 14.3 Å². The Balaban J connectivity index is 1.45. The first-order chi connectivity index (χ1) is 17.6. The number of aromatic nitrogens is 3. The number of ether oxygens (including phenoxy) is 1. The van der Waals surface area contributed by atoms with Crippen LogP contribution in [0.15, 0.2) is 85.2 Å². The number of pyridine rings is 1. The summed E-state index contributed by atoms with van der Waals surface area (Å²) in [6.45, 7) is 3.20. The van der Waals surface area contributed by atoms with Gasteiger partial charge in [-0.2, -0.15) is 5.10 Å². The van der Waals surface area contributed by atoms with Gasteiger partial charge in [-0.05, 0) is 48.7 Å². The van der Waals surface area contributed by atoms with Gasteiger partial charge in [0, 0.05) is 48.6 Å². The predicted molar refractivity (Wildman–Crippen MR) is 138 cm³/mol. The largest absolute Gasteiger partial charge is 0.466 e. The van der Waals surface area contributed by atoms with Crippen molar-refractivity contribution >= 4 is 11.9 Å². The maximum atomic E-state index is 12.7. The normalized spacial score (nSPS) is 10.7. The van der Waals surface area contributed by atoms with E-state index in [2.05, 4.69) is 10.3 Å². The number of hydrogen-bond acceptors (Lipinski definition) is 5. The molecule has 4 aromatic rings. The molecule has 4 rings (SSSR count). The van der Waals surface area contributed by atoms with Gasteiger partial charge >= 0.3 is 5.97 Å². The van der Waals surface area contributed by atoms with Gasteiger partial charge in [-0.25, -0.2) is 0 Å². The van der Waals surface area contributed by atoms with Crippen molar-refractivity contribution in [1.82, 2.24) is 20.1 Å². The lowest BCUT2D eigenvalue weighted by Gasteiger charge is -2.07. The zero-order valence-corrected chi connectivity index (χ0v) is 20.4. The number of carbonyl (C=O) groups is 2. The summed E-state index contributed by atoms with van der Waals surface area (Å²) < 4.78 is 6.95. The fourth-order valence-corrected chi connectivity index (χ4v) is 3.99. The monoisotopic (exact) mass is 482 g/mol. The molecular weight excluding hydrogens is 452 g/mol. The van der Waals surface area contributed by atoms with E-state index >= 15 is 0 Å². The van der Waals surface area contributed by atoms with Gasteiger partial charge in [0.2, 0.25) is 0 Å². The van der Waals surface area contributed by atoms with Gasteiger partial charge in [-0.3, -0.25) is 19.3 Å². The van der Waals surface area contributed by atoms with E-state index in [0.717, 1.165) is 28.1 Å². The number of esters is 1. The van der Waals surface area contributed by atoms with E-state index in [0.29, 0.717) is 44.5 Å². The van der Waals surface area contributed by atoms with Gasteiger partial charge in [0.1, 0.15) is 0 Å². The molecular formula is C29H30N4O3. The van der Waals surface area contributed by atoms with E-state index in [1.807, 2.05) is 83.7 Å². The number of carbonyl (C=O) groups excluding carboxylic acids is 2. The molecule has 0 bridgehead atoms. The number of nitrogens with one attached hydrogen (secondary N) is 1. The second-order valence-corrected chi connectivity index (χ2v) is 8.40. The Kier molecular flexibility index (Phi) is 8.59. The predicted octanol–water partition coefficient (Wildman–Crippen LogP) is 4.46. The average molecular weight is 483 g/mol. The summed E-state index contributed by atoms with van der Waals surface area (Å²) in [6.07, 6.45) is 5.24. The molecule has 0 radical (unpaired) electrons. The standard InChI is InChI=1S/C29H30N4O3/c1-2-36-27(34)15-14-25-21-33(32-28(25)23-10-4-3-5-11-23)20-22-9-8-12-24(19-22)29(35)31-18-16-26-13-6-7-17-30-26/h3-13,17,19,21H,2,14-16,18,20H2,1H3,(H,31,35). The van der Waals surface area contributed by atoms with Crippen LogP contribution < -0.4 is 5.32 Å². The molecule has 2 aromatic carbocycles. The molecule has 0 aliphatic carbocycles. The molecule has 0 saturated heterocycles. The number of nitrogens with zero attached hydrogens (tertiary/aromatic N) is 3. The Morgan fingerprint density at radius 1 is 0.972 bits per heavy atom. The van der Waals surface area contributed by atoms with Crippen LogP contribution in [0.25, 0.3) is 11.3 Å². The lowest BCUT2D eigenvalue weighted by molar-refractivity contribution is -0.143. The first-order valence-electron chi connectivity index (χ1n) is 12.2. The lowest BCUT2D eigenvalue weighted by Crippen LogP contribution is -2.26. The highest BCUT2D eigenvalue weighted by Gasteiger charge is 2.14. The molecule has 2 heterocycles. The molecule has 1 amide bonds. The molecule has 36 heavy (non-hydrogen) atoms.